The highest BCUT2D eigenvalue weighted by molar-refractivity contribution is 5.66. The maximum Gasteiger partial charge on any atom is 0.303 e. The summed E-state index contributed by atoms with van der Waals surface area (Å²) < 4.78 is 27.2. The Morgan fingerprint density at radius 3 is 2.70 bits per heavy atom. The number of aliphatic carboxylic acids is 1. The van der Waals surface area contributed by atoms with Gasteiger partial charge in [0, 0.05) is 25.1 Å². The van der Waals surface area contributed by atoms with E-state index in [1.54, 1.807) is 0 Å². The fourth-order valence-electron chi connectivity index (χ4n) is 2.77. The van der Waals surface area contributed by atoms with E-state index in [0.717, 1.165) is 19.4 Å². The van der Waals surface area contributed by atoms with E-state index in [0.29, 0.717) is 18.9 Å². The minimum absolute atomic E-state index is 0.103. The standard InChI is InChI=1S/C15H19F2NO2/c16-13-4-1-5-14(17)12(13)10-18-8-2-3-11(9-18)6-7-15(19)20/h1,4-5,11H,2-3,6-10H2,(H,19,20). The average molecular weight is 283 g/mol. The molecule has 2 rings (SSSR count). The molecule has 0 bridgehead atoms. The largest absolute Gasteiger partial charge is 0.481 e. The summed E-state index contributed by atoms with van der Waals surface area (Å²) in [5.41, 5.74) is 0.103. The first-order valence-electron chi connectivity index (χ1n) is 6.93. The molecular formula is C15H19F2NO2. The van der Waals surface area contributed by atoms with Gasteiger partial charge in [-0.15, -0.1) is 0 Å². The van der Waals surface area contributed by atoms with Crippen LogP contribution in [-0.2, 0) is 11.3 Å². The van der Waals surface area contributed by atoms with Gasteiger partial charge in [-0.1, -0.05) is 6.07 Å². The van der Waals surface area contributed by atoms with E-state index in [4.69, 9.17) is 5.11 Å². The third kappa shape index (κ3) is 4.00. The summed E-state index contributed by atoms with van der Waals surface area (Å²) in [6.45, 7) is 1.76. The van der Waals surface area contributed by atoms with Gasteiger partial charge in [-0.05, 0) is 43.9 Å². The molecule has 0 spiro atoms. The number of rotatable bonds is 5. The maximum atomic E-state index is 13.6. The van der Waals surface area contributed by atoms with Crippen LogP contribution in [0.2, 0.25) is 0 Å². The lowest BCUT2D eigenvalue weighted by Gasteiger charge is -2.32. The molecule has 0 amide bonds. The van der Waals surface area contributed by atoms with Crippen LogP contribution in [0.1, 0.15) is 31.2 Å². The fourth-order valence-corrected chi connectivity index (χ4v) is 2.77. The van der Waals surface area contributed by atoms with E-state index >= 15 is 0 Å². The lowest BCUT2D eigenvalue weighted by molar-refractivity contribution is -0.137. The van der Waals surface area contributed by atoms with Crippen LogP contribution >= 0.6 is 0 Å². The number of piperidine rings is 1. The molecule has 0 radical (unpaired) electrons. The van der Waals surface area contributed by atoms with Crippen molar-refractivity contribution in [1.29, 1.82) is 0 Å². The number of hydrogen-bond donors (Lipinski definition) is 1. The summed E-state index contributed by atoms with van der Waals surface area (Å²) in [7, 11) is 0. The highest BCUT2D eigenvalue weighted by Crippen LogP contribution is 2.23. The normalized spacial score (nSPS) is 20.0. The minimum Gasteiger partial charge on any atom is -0.481 e. The molecule has 1 atom stereocenters. The van der Waals surface area contributed by atoms with Crippen molar-refractivity contribution in [2.24, 2.45) is 5.92 Å². The van der Waals surface area contributed by atoms with Crippen LogP contribution in [0.5, 0.6) is 0 Å². The van der Waals surface area contributed by atoms with E-state index in [-0.39, 0.29) is 18.5 Å². The van der Waals surface area contributed by atoms with Crippen LogP contribution in [0.25, 0.3) is 0 Å². The van der Waals surface area contributed by atoms with Gasteiger partial charge in [0.1, 0.15) is 11.6 Å². The Bertz CT molecular complexity index is 459. The number of carbonyl (C=O) groups is 1. The molecule has 1 saturated heterocycles. The molecule has 110 valence electrons. The molecule has 1 N–H and O–H groups in total. The van der Waals surface area contributed by atoms with Gasteiger partial charge in [-0.25, -0.2) is 8.78 Å². The van der Waals surface area contributed by atoms with Gasteiger partial charge in [-0.3, -0.25) is 9.69 Å². The number of nitrogens with zero attached hydrogens (tertiary/aromatic N) is 1. The van der Waals surface area contributed by atoms with Gasteiger partial charge in [0.25, 0.3) is 0 Å². The van der Waals surface area contributed by atoms with Gasteiger partial charge in [0.2, 0.25) is 0 Å². The third-order valence-electron chi connectivity index (χ3n) is 3.81. The average Bonchev–Trinajstić information content (AvgIpc) is 2.41. The van der Waals surface area contributed by atoms with Crippen LogP contribution in [0.4, 0.5) is 8.78 Å². The molecule has 1 unspecified atom stereocenters. The summed E-state index contributed by atoms with van der Waals surface area (Å²) in [6.07, 6.45) is 2.72. The van der Waals surface area contributed by atoms with Crippen molar-refractivity contribution in [3.63, 3.8) is 0 Å². The molecule has 1 fully saturated rings. The summed E-state index contributed by atoms with van der Waals surface area (Å²) in [5, 5.41) is 8.71. The fraction of sp³-hybridized carbons (Fsp3) is 0.533. The van der Waals surface area contributed by atoms with Crippen molar-refractivity contribution in [3.8, 4) is 0 Å². The number of carboxylic acids is 1. The number of hydrogen-bond acceptors (Lipinski definition) is 2. The predicted molar refractivity (Wildman–Crippen MR) is 71.2 cm³/mol. The summed E-state index contributed by atoms with van der Waals surface area (Å²) in [5.74, 6) is -1.52. The lowest BCUT2D eigenvalue weighted by Crippen LogP contribution is -2.35. The molecule has 1 heterocycles. The molecule has 5 heteroatoms. The van der Waals surface area contributed by atoms with Crippen molar-refractivity contribution >= 4 is 5.97 Å². The molecule has 20 heavy (non-hydrogen) atoms. The number of benzene rings is 1. The Hall–Kier alpha value is -1.49. The SMILES string of the molecule is O=C(O)CCC1CCCN(Cc2c(F)cccc2F)C1. The van der Waals surface area contributed by atoms with Crippen LogP contribution in [-0.4, -0.2) is 29.1 Å². The van der Waals surface area contributed by atoms with Gasteiger partial charge in [0.15, 0.2) is 0 Å². The van der Waals surface area contributed by atoms with E-state index in [9.17, 15) is 13.6 Å². The monoisotopic (exact) mass is 283 g/mol. The smallest absolute Gasteiger partial charge is 0.303 e. The zero-order valence-corrected chi connectivity index (χ0v) is 11.3. The van der Waals surface area contributed by atoms with Gasteiger partial charge < -0.3 is 5.11 Å². The molecular weight excluding hydrogens is 264 g/mol. The summed E-state index contributed by atoms with van der Waals surface area (Å²) in [6, 6.07) is 3.90. The third-order valence-corrected chi connectivity index (χ3v) is 3.81. The highest BCUT2D eigenvalue weighted by atomic mass is 19.1. The van der Waals surface area contributed by atoms with Crippen molar-refractivity contribution < 1.29 is 18.7 Å². The van der Waals surface area contributed by atoms with Gasteiger partial charge in [0.05, 0.1) is 0 Å². The first kappa shape index (κ1) is 14.9. The topological polar surface area (TPSA) is 40.5 Å². The molecule has 0 aliphatic carbocycles. The Balaban J connectivity index is 1.94. The van der Waals surface area contributed by atoms with E-state index in [2.05, 4.69) is 0 Å². The quantitative estimate of drug-likeness (QED) is 0.903. The molecule has 3 nitrogen and oxygen atoms in total. The van der Waals surface area contributed by atoms with Crippen molar-refractivity contribution in [3.05, 3.63) is 35.4 Å². The van der Waals surface area contributed by atoms with Crippen LogP contribution < -0.4 is 0 Å². The Morgan fingerprint density at radius 2 is 2.05 bits per heavy atom. The van der Waals surface area contributed by atoms with Crippen molar-refractivity contribution in [2.75, 3.05) is 13.1 Å². The van der Waals surface area contributed by atoms with Crippen molar-refractivity contribution in [1.82, 2.24) is 4.90 Å². The lowest BCUT2D eigenvalue weighted by atomic mass is 9.93. The Kier molecular flexibility index (Phi) is 5.06. The van der Waals surface area contributed by atoms with E-state index in [1.807, 2.05) is 4.90 Å². The Morgan fingerprint density at radius 1 is 1.35 bits per heavy atom. The van der Waals surface area contributed by atoms with E-state index in [1.165, 1.54) is 18.2 Å². The van der Waals surface area contributed by atoms with Gasteiger partial charge >= 0.3 is 5.97 Å². The summed E-state index contributed by atoms with van der Waals surface area (Å²) >= 11 is 0. The second kappa shape index (κ2) is 6.79. The van der Waals surface area contributed by atoms with Crippen LogP contribution in [0.3, 0.4) is 0 Å². The number of carboxylic acid groups (broad SMARTS) is 1. The second-order valence-corrected chi connectivity index (χ2v) is 5.38. The molecule has 1 aromatic rings. The second-order valence-electron chi connectivity index (χ2n) is 5.38. The first-order chi connectivity index (χ1) is 9.56. The summed E-state index contributed by atoms with van der Waals surface area (Å²) in [4.78, 5) is 12.6. The minimum atomic E-state index is -0.790. The zero-order chi connectivity index (χ0) is 14.5. The van der Waals surface area contributed by atoms with Crippen LogP contribution in [0, 0.1) is 17.6 Å². The highest BCUT2D eigenvalue weighted by Gasteiger charge is 2.22. The number of halogens is 2. The van der Waals surface area contributed by atoms with Gasteiger partial charge in [-0.2, -0.15) is 0 Å². The van der Waals surface area contributed by atoms with Crippen molar-refractivity contribution in [2.45, 2.75) is 32.2 Å². The zero-order valence-electron chi connectivity index (χ0n) is 11.3. The maximum absolute atomic E-state index is 13.6. The predicted octanol–water partition coefficient (Wildman–Crippen LogP) is 3.04. The van der Waals surface area contributed by atoms with Crippen LogP contribution in [0.15, 0.2) is 18.2 Å². The molecule has 1 aliphatic heterocycles. The first-order valence-corrected chi connectivity index (χ1v) is 6.93. The molecule has 0 saturated carbocycles. The van der Waals surface area contributed by atoms with E-state index < -0.39 is 17.6 Å². The molecule has 1 aromatic carbocycles. The number of likely N-dealkylation sites (tertiary alicyclic amines) is 1. The molecule has 0 aromatic heterocycles. The Labute approximate surface area is 117 Å². The molecule has 1 aliphatic rings.